The van der Waals surface area contributed by atoms with Crippen molar-refractivity contribution in [2.24, 2.45) is 7.05 Å². The summed E-state index contributed by atoms with van der Waals surface area (Å²) in [4.78, 5) is 0. The first-order valence-electron chi connectivity index (χ1n) is 10.4. The fourth-order valence-corrected chi connectivity index (χ4v) is 4.08. The number of fused-ring (bicyclic) bond motifs is 5. The number of aryl methyl sites for hydroxylation is 4. The normalized spacial score (nSPS) is 12.8. The Labute approximate surface area is 167 Å². The molecule has 146 valence electrons. The van der Waals surface area contributed by atoms with Gasteiger partial charge in [0.1, 0.15) is 11.4 Å². The first-order valence-corrected chi connectivity index (χ1v) is 10.4. The summed E-state index contributed by atoms with van der Waals surface area (Å²) in [6.07, 6.45) is 5.75. The molecule has 28 heavy (non-hydrogen) atoms. The highest BCUT2D eigenvalue weighted by atomic mass is 16.5. The molecule has 0 saturated heterocycles. The molecule has 0 unspecified atom stereocenters. The van der Waals surface area contributed by atoms with Crippen LogP contribution in [-0.4, -0.2) is 21.1 Å². The van der Waals surface area contributed by atoms with Gasteiger partial charge in [-0.1, -0.05) is 36.8 Å². The van der Waals surface area contributed by atoms with E-state index in [0.717, 1.165) is 36.4 Å². The maximum absolute atomic E-state index is 5.94. The molecule has 4 rings (SSSR count). The second-order valence-electron chi connectivity index (χ2n) is 7.99. The van der Waals surface area contributed by atoms with Crippen molar-refractivity contribution >= 4 is 0 Å². The second-order valence-corrected chi connectivity index (χ2v) is 7.99. The number of aromatic nitrogens is 3. The molecular formula is C24H29N3O. The Morgan fingerprint density at radius 1 is 1.04 bits per heavy atom. The van der Waals surface area contributed by atoms with Gasteiger partial charge in [0.15, 0.2) is 0 Å². The quantitative estimate of drug-likeness (QED) is 0.601. The predicted octanol–water partition coefficient (Wildman–Crippen LogP) is 5.38. The van der Waals surface area contributed by atoms with Crippen LogP contribution in [0.25, 0.3) is 22.5 Å². The van der Waals surface area contributed by atoms with Crippen molar-refractivity contribution in [3.8, 4) is 28.3 Å². The van der Waals surface area contributed by atoms with E-state index in [1.54, 1.807) is 0 Å². The molecular weight excluding hydrogens is 346 g/mol. The van der Waals surface area contributed by atoms with E-state index >= 15 is 0 Å². The molecule has 1 aromatic heterocycles. The highest BCUT2D eigenvalue weighted by Gasteiger charge is 2.23. The molecule has 1 aliphatic carbocycles. The van der Waals surface area contributed by atoms with Gasteiger partial charge in [-0.05, 0) is 74.4 Å². The first kappa shape index (κ1) is 18.7. The van der Waals surface area contributed by atoms with E-state index in [1.165, 1.54) is 40.7 Å². The Bertz CT molecular complexity index is 988. The summed E-state index contributed by atoms with van der Waals surface area (Å²) in [7, 11) is 1.98. The zero-order valence-corrected chi connectivity index (χ0v) is 17.3. The van der Waals surface area contributed by atoms with E-state index in [4.69, 9.17) is 4.74 Å². The molecule has 0 fully saturated rings. The van der Waals surface area contributed by atoms with Crippen molar-refractivity contribution in [2.75, 3.05) is 0 Å². The molecule has 0 amide bonds. The van der Waals surface area contributed by atoms with E-state index in [0.29, 0.717) is 0 Å². The lowest BCUT2D eigenvalue weighted by Crippen LogP contribution is -2.08. The van der Waals surface area contributed by atoms with Crippen LogP contribution in [-0.2, 0) is 26.3 Å². The minimum atomic E-state index is 0.167. The third-order valence-electron chi connectivity index (χ3n) is 5.44. The van der Waals surface area contributed by atoms with Crippen molar-refractivity contribution < 1.29 is 4.74 Å². The molecule has 0 spiro atoms. The molecule has 2 aromatic carbocycles. The summed E-state index contributed by atoms with van der Waals surface area (Å²) >= 11 is 0. The molecule has 0 bridgehead atoms. The van der Waals surface area contributed by atoms with Crippen LogP contribution in [0.2, 0.25) is 0 Å². The average Bonchev–Trinajstić information content (AvgIpc) is 3.03. The van der Waals surface area contributed by atoms with Crippen LogP contribution < -0.4 is 4.74 Å². The highest BCUT2D eigenvalue weighted by Crippen LogP contribution is 2.38. The number of hydrogen-bond donors (Lipinski definition) is 0. The van der Waals surface area contributed by atoms with Gasteiger partial charge in [0.2, 0.25) is 0 Å². The molecule has 0 aliphatic heterocycles. The van der Waals surface area contributed by atoms with Gasteiger partial charge < -0.3 is 4.74 Å². The summed E-state index contributed by atoms with van der Waals surface area (Å²) in [5.41, 5.74) is 8.60. The SMILES string of the molecule is CCCCc1ccc2c(c1)CCc1cc(OC(C)C)ccc1-c1nnn(C)c1-2. The lowest BCUT2D eigenvalue weighted by Gasteiger charge is -2.19. The molecule has 4 heteroatoms. The largest absolute Gasteiger partial charge is 0.491 e. The number of nitrogens with zero attached hydrogens (tertiary/aromatic N) is 3. The number of unbranched alkanes of at least 4 members (excludes halogenated alkanes) is 1. The minimum Gasteiger partial charge on any atom is -0.491 e. The molecule has 0 saturated carbocycles. The fraction of sp³-hybridized carbons (Fsp3) is 0.417. The third-order valence-corrected chi connectivity index (χ3v) is 5.44. The lowest BCUT2D eigenvalue weighted by atomic mass is 9.88. The van der Waals surface area contributed by atoms with Crippen molar-refractivity contribution in [1.82, 2.24) is 15.0 Å². The van der Waals surface area contributed by atoms with Crippen LogP contribution in [0.15, 0.2) is 36.4 Å². The molecule has 1 aliphatic rings. The average molecular weight is 376 g/mol. The van der Waals surface area contributed by atoms with Gasteiger partial charge >= 0.3 is 0 Å². The third kappa shape index (κ3) is 3.56. The predicted molar refractivity (Wildman–Crippen MR) is 114 cm³/mol. The van der Waals surface area contributed by atoms with Crippen LogP contribution >= 0.6 is 0 Å². The van der Waals surface area contributed by atoms with Crippen LogP contribution in [0.1, 0.15) is 50.3 Å². The Hall–Kier alpha value is -2.62. The first-order chi connectivity index (χ1) is 13.6. The van der Waals surface area contributed by atoms with Crippen LogP contribution in [0.3, 0.4) is 0 Å². The van der Waals surface area contributed by atoms with Crippen molar-refractivity contribution in [3.05, 3.63) is 53.1 Å². The maximum Gasteiger partial charge on any atom is 0.121 e. The van der Waals surface area contributed by atoms with Gasteiger partial charge in [-0.25, -0.2) is 4.68 Å². The number of hydrogen-bond acceptors (Lipinski definition) is 3. The maximum atomic E-state index is 5.94. The highest BCUT2D eigenvalue weighted by molar-refractivity contribution is 5.82. The monoisotopic (exact) mass is 375 g/mol. The van der Waals surface area contributed by atoms with Crippen LogP contribution in [0, 0.1) is 0 Å². The minimum absolute atomic E-state index is 0.167. The molecule has 1 heterocycles. The summed E-state index contributed by atoms with van der Waals surface area (Å²) in [5, 5.41) is 8.89. The lowest BCUT2D eigenvalue weighted by molar-refractivity contribution is 0.242. The number of rotatable bonds is 5. The second kappa shape index (κ2) is 7.78. The van der Waals surface area contributed by atoms with Gasteiger partial charge in [0.25, 0.3) is 0 Å². The van der Waals surface area contributed by atoms with E-state index in [9.17, 15) is 0 Å². The van der Waals surface area contributed by atoms with Gasteiger partial charge in [0, 0.05) is 18.2 Å². The zero-order valence-electron chi connectivity index (χ0n) is 17.3. The topological polar surface area (TPSA) is 39.9 Å². The summed E-state index contributed by atoms with van der Waals surface area (Å²) in [5.74, 6) is 0.927. The van der Waals surface area contributed by atoms with Gasteiger partial charge in [-0.2, -0.15) is 0 Å². The van der Waals surface area contributed by atoms with Crippen molar-refractivity contribution in [2.45, 2.75) is 59.0 Å². The van der Waals surface area contributed by atoms with Gasteiger partial charge in [-0.15, -0.1) is 5.10 Å². The zero-order chi connectivity index (χ0) is 19.7. The van der Waals surface area contributed by atoms with Gasteiger partial charge in [0.05, 0.1) is 11.8 Å². The summed E-state index contributed by atoms with van der Waals surface area (Å²) in [6, 6.07) is 13.3. The number of ether oxygens (including phenoxy) is 1. The smallest absolute Gasteiger partial charge is 0.121 e. The summed E-state index contributed by atoms with van der Waals surface area (Å²) in [6.45, 7) is 6.37. The summed E-state index contributed by atoms with van der Waals surface area (Å²) < 4.78 is 7.85. The Morgan fingerprint density at radius 2 is 1.79 bits per heavy atom. The van der Waals surface area contributed by atoms with E-state index in [-0.39, 0.29) is 6.10 Å². The van der Waals surface area contributed by atoms with Crippen molar-refractivity contribution in [1.29, 1.82) is 0 Å². The fourth-order valence-electron chi connectivity index (χ4n) is 4.08. The Kier molecular flexibility index (Phi) is 5.21. The van der Waals surface area contributed by atoms with Crippen molar-refractivity contribution in [3.63, 3.8) is 0 Å². The van der Waals surface area contributed by atoms with E-state index in [2.05, 4.69) is 61.4 Å². The molecule has 0 atom stereocenters. The molecule has 0 N–H and O–H groups in total. The standard InChI is InChI=1S/C24H29N3O/c1-5-6-7-17-8-12-22-18(14-17)9-10-19-15-20(28-16(2)3)11-13-21(19)23-24(22)27(4)26-25-23/h8,11-16H,5-7,9-10H2,1-4H3. The van der Waals surface area contributed by atoms with Gasteiger partial charge in [-0.3, -0.25) is 0 Å². The van der Waals surface area contributed by atoms with E-state index < -0.39 is 0 Å². The molecule has 0 radical (unpaired) electrons. The van der Waals surface area contributed by atoms with E-state index in [1.807, 2.05) is 17.8 Å². The van der Waals surface area contributed by atoms with Crippen LogP contribution in [0.5, 0.6) is 5.75 Å². The molecule has 4 nitrogen and oxygen atoms in total. The Balaban J connectivity index is 1.82. The molecule has 3 aromatic rings. The number of benzene rings is 2. The van der Waals surface area contributed by atoms with Crippen LogP contribution in [0.4, 0.5) is 0 Å². The Morgan fingerprint density at radius 3 is 2.54 bits per heavy atom.